The van der Waals surface area contributed by atoms with Crippen LogP contribution in [0.15, 0.2) is 48.8 Å². The number of nitrogens with zero attached hydrogens (tertiary/aromatic N) is 2. The van der Waals surface area contributed by atoms with E-state index in [1.54, 1.807) is 23.5 Å². The molecule has 1 aliphatic rings. The topological polar surface area (TPSA) is 46.5 Å². The van der Waals surface area contributed by atoms with Crippen LogP contribution in [0.3, 0.4) is 0 Å². The molecule has 7 heteroatoms. The fourth-order valence-corrected chi connectivity index (χ4v) is 4.96. The van der Waals surface area contributed by atoms with E-state index in [-0.39, 0.29) is 17.8 Å². The normalized spacial score (nSPS) is 15.8. The third kappa shape index (κ3) is 4.33. The number of ether oxygens (including phenoxy) is 1. The molecule has 30 heavy (non-hydrogen) atoms. The molecular weight excluding hydrogens is 401 g/mol. The van der Waals surface area contributed by atoms with Crippen molar-refractivity contribution in [2.45, 2.75) is 19.9 Å². The molecule has 0 bridgehead atoms. The van der Waals surface area contributed by atoms with Gasteiger partial charge in [0.2, 0.25) is 0 Å². The summed E-state index contributed by atoms with van der Waals surface area (Å²) in [5.74, 6) is -0.342. The number of hydrogen-bond donors (Lipinski definition) is 1. The number of rotatable bonds is 6. The smallest absolute Gasteiger partial charge is 0.254 e. The van der Waals surface area contributed by atoms with E-state index in [1.165, 1.54) is 12.1 Å². The van der Waals surface area contributed by atoms with Gasteiger partial charge >= 0.3 is 0 Å². The van der Waals surface area contributed by atoms with E-state index in [0.29, 0.717) is 25.3 Å². The molecule has 1 aliphatic heterocycles. The highest BCUT2D eigenvalue weighted by Gasteiger charge is 2.25. The molecule has 1 aromatic carbocycles. The first-order chi connectivity index (χ1) is 14.5. The number of amides is 1. The summed E-state index contributed by atoms with van der Waals surface area (Å²) >= 11 is 1.62. The molecule has 1 fully saturated rings. The molecular formula is C23H26FN3O2S. The van der Waals surface area contributed by atoms with Crippen LogP contribution in [0.1, 0.15) is 32.4 Å². The Morgan fingerprint density at radius 2 is 1.83 bits per heavy atom. The van der Waals surface area contributed by atoms with E-state index in [2.05, 4.69) is 10.2 Å². The minimum absolute atomic E-state index is 0.0338. The maximum atomic E-state index is 13.4. The first-order valence-electron chi connectivity index (χ1n) is 10.1. The molecule has 1 amide bonds. The lowest BCUT2D eigenvalue weighted by Gasteiger charge is -2.35. The molecule has 158 valence electrons. The van der Waals surface area contributed by atoms with Crippen LogP contribution in [-0.4, -0.2) is 48.2 Å². The van der Waals surface area contributed by atoms with E-state index in [9.17, 15) is 9.18 Å². The van der Waals surface area contributed by atoms with Crippen LogP contribution >= 0.6 is 11.3 Å². The summed E-state index contributed by atoms with van der Waals surface area (Å²) in [4.78, 5) is 16.7. The maximum Gasteiger partial charge on any atom is 0.254 e. The lowest BCUT2D eigenvalue weighted by molar-refractivity contribution is 0.0162. The molecule has 3 aromatic rings. The molecule has 0 saturated carbocycles. The van der Waals surface area contributed by atoms with Gasteiger partial charge in [-0.25, -0.2) is 4.39 Å². The van der Waals surface area contributed by atoms with Gasteiger partial charge in [-0.05, 0) is 49.2 Å². The van der Waals surface area contributed by atoms with Crippen molar-refractivity contribution >= 4 is 17.2 Å². The van der Waals surface area contributed by atoms with Gasteiger partial charge in [0, 0.05) is 36.9 Å². The molecule has 1 saturated heterocycles. The molecule has 1 unspecified atom stereocenters. The third-order valence-corrected chi connectivity index (χ3v) is 6.85. The predicted octanol–water partition coefficient (Wildman–Crippen LogP) is 4.10. The number of morpholine rings is 1. The quantitative estimate of drug-likeness (QED) is 0.644. The van der Waals surface area contributed by atoms with Crippen LogP contribution < -0.4 is 5.32 Å². The Hall–Kier alpha value is -2.48. The SMILES string of the molecule is Cc1sc(-n2cccc2)c(C(=O)NCC(c2ccc(F)cc2)N2CCOCC2)c1C. The summed E-state index contributed by atoms with van der Waals surface area (Å²) in [6.07, 6.45) is 3.91. The van der Waals surface area contributed by atoms with E-state index < -0.39 is 0 Å². The van der Waals surface area contributed by atoms with Gasteiger partial charge in [-0.1, -0.05) is 12.1 Å². The summed E-state index contributed by atoms with van der Waals surface area (Å²) in [6.45, 7) is 7.36. The average molecular weight is 428 g/mol. The van der Waals surface area contributed by atoms with Crippen molar-refractivity contribution in [3.8, 4) is 5.00 Å². The predicted molar refractivity (Wildman–Crippen MR) is 117 cm³/mol. The molecule has 0 spiro atoms. The number of halogens is 1. The summed E-state index contributed by atoms with van der Waals surface area (Å²) in [5, 5.41) is 4.07. The second-order valence-electron chi connectivity index (χ2n) is 7.48. The second kappa shape index (κ2) is 9.12. The fraction of sp³-hybridized carbons (Fsp3) is 0.348. The fourth-order valence-electron chi connectivity index (χ4n) is 3.84. The number of benzene rings is 1. The molecule has 1 atom stereocenters. The third-order valence-electron chi connectivity index (χ3n) is 5.63. The lowest BCUT2D eigenvalue weighted by Crippen LogP contribution is -2.44. The molecule has 5 nitrogen and oxygen atoms in total. The average Bonchev–Trinajstić information content (AvgIpc) is 3.39. The van der Waals surface area contributed by atoms with Crippen molar-refractivity contribution in [2.75, 3.05) is 32.8 Å². The Morgan fingerprint density at radius 3 is 2.50 bits per heavy atom. The highest BCUT2D eigenvalue weighted by Crippen LogP contribution is 2.31. The minimum atomic E-state index is -0.260. The second-order valence-corrected chi connectivity index (χ2v) is 8.68. The monoisotopic (exact) mass is 427 g/mol. The van der Waals surface area contributed by atoms with Crippen LogP contribution in [0, 0.1) is 19.7 Å². The van der Waals surface area contributed by atoms with Crippen molar-refractivity contribution < 1.29 is 13.9 Å². The first-order valence-corrected chi connectivity index (χ1v) is 10.9. The molecule has 3 heterocycles. The zero-order chi connectivity index (χ0) is 21.1. The zero-order valence-corrected chi connectivity index (χ0v) is 18.0. The molecule has 1 N–H and O–H groups in total. The number of thiophene rings is 1. The maximum absolute atomic E-state index is 13.4. The Morgan fingerprint density at radius 1 is 1.17 bits per heavy atom. The number of hydrogen-bond acceptors (Lipinski definition) is 4. The van der Waals surface area contributed by atoms with Crippen LogP contribution in [-0.2, 0) is 4.74 Å². The van der Waals surface area contributed by atoms with Gasteiger partial charge in [-0.3, -0.25) is 9.69 Å². The zero-order valence-electron chi connectivity index (χ0n) is 17.2. The van der Waals surface area contributed by atoms with Gasteiger partial charge in [-0.15, -0.1) is 11.3 Å². The molecule has 2 aromatic heterocycles. The van der Waals surface area contributed by atoms with Gasteiger partial charge in [0.15, 0.2) is 0 Å². The van der Waals surface area contributed by atoms with Crippen LogP contribution in [0.25, 0.3) is 5.00 Å². The van der Waals surface area contributed by atoms with Crippen LogP contribution in [0.2, 0.25) is 0 Å². The van der Waals surface area contributed by atoms with Crippen LogP contribution in [0.5, 0.6) is 0 Å². The summed E-state index contributed by atoms with van der Waals surface area (Å²) in [6, 6.07) is 10.4. The largest absolute Gasteiger partial charge is 0.379 e. The Kier molecular flexibility index (Phi) is 6.32. The van der Waals surface area contributed by atoms with E-state index in [0.717, 1.165) is 34.1 Å². The molecule has 0 radical (unpaired) electrons. The number of nitrogens with one attached hydrogen (secondary N) is 1. The number of carbonyl (C=O) groups excluding carboxylic acids is 1. The first kappa shape index (κ1) is 20.8. The van der Waals surface area contributed by atoms with Gasteiger partial charge in [-0.2, -0.15) is 0 Å². The highest BCUT2D eigenvalue weighted by molar-refractivity contribution is 7.15. The Bertz CT molecular complexity index is 992. The summed E-state index contributed by atoms with van der Waals surface area (Å²) < 4.78 is 20.9. The highest BCUT2D eigenvalue weighted by atomic mass is 32.1. The Balaban J connectivity index is 1.57. The van der Waals surface area contributed by atoms with Gasteiger partial charge in [0.1, 0.15) is 10.8 Å². The van der Waals surface area contributed by atoms with Crippen molar-refractivity contribution in [3.05, 3.63) is 76.2 Å². The van der Waals surface area contributed by atoms with Crippen molar-refractivity contribution in [3.63, 3.8) is 0 Å². The van der Waals surface area contributed by atoms with Gasteiger partial charge < -0.3 is 14.6 Å². The van der Waals surface area contributed by atoms with E-state index >= 15 is 0 Å². The van der Waals surface area contributed by atoms with Gasteiger partial charge in [0.25, 0.3) is 5.91 Å². The minimum Gasteiger partial charge on any atom is -0.379 e. The Labute approximate surface area is 180 Å². The van der Waals surface area contributed by atoms with Crippen molar-refractivity contribution in [1.82, 2.24) is 14.8 Å². The molecule has 4 rings (SSSR count). The van der Waals surface area contributed by atoms with E-state index in [1.807, 2.05) is 42.9 Å². The summed E-state index contributed by atoms with van der Waals surface area (Å²) in [5.41, 5.74) is 2.71. The number of carbonyl (C=O) groups is 1. The number of aromatic nitrogens is 1. The van der Waals surface area contributed by atoms with Gasteiger partial charge in [0.05, 0.1) is 24.8 Å². The standard InChI is InChI=1S/C23H26FN3O2S/c1-16-17(2)30-23(27-9-3-4-10-27)21(16)22(28)25-15-20(26-11-13-29-14-12-26)18-5-7-19(24)8-6-18/h3-10,20H,11-15H2,1-2H3,(H,25,28). The van der Waals surface area contributed by atoms with Crippen molar-refractivity contribution in [2.24, 2.45) is 0 Å². The number of aryl methyl sites for hydroxylation is 1. The van der Waals surface area contributed by atoms with Crippen LogP contribution in [0.4, 0.5) is 4.39 Å². The lowest BCUT2D eigenvalue weighted by atomic mass is 10.0. The molecule has 0 aliphatic carbocycles. The van der Waals surface area contributed by atoms with E-state index in [4.69, 9.17) is 4.74 Å². The summed E-state index contributed by atoms with van der Waals surface area (Å²) in [7, 11) is 0. The van der Waals surface area contributed by atoms with Crippen molar-refractivity contribution in [1.29, 1.82) is 0 Å².